The summed E-state index contributed by atoms with van der Waals surface area (Å²) in [5.74, 6) is -3.08. The molecule has 2 heterocycles. The van der Waals surface area contributed by atoms with Gasteiger partial charge in [-0.05, 0) is 65.6 Å². The average Bonchev–Trinajstić information content (AvgIpc) is 3.00. The lowest BCUT2D eigenvalue weighted by molar-refractivity contribution is 0.0980. The van der Waals surface area contributed by atoms with Crippen LogP contribution in [0, 0.1) is 11.6 Å². The van der Waals surface area contributed by atoms with E-state index in [0.717, 1.165) is 22.8 Å². The zero-order valence-electron chi connectivity index (χ0n) is 24.7. The minimum absolute atomic E-state index is 0.0497. The van der Waals surface area contributed by atoms with Crippen LogP contribution in [0.15, 0.2) is 71.7 Å². The molecule has 3 aromatic carbocycles. The van der Waals surface area contributed by atoms with Crippen LogP contribution < -0.4 is 31.2 Å². The van der Waals surface area contributed by atoms with Crippen LogP contribution in [0.4, 0.5) is 8.78 Å². The van der Waals surface area contributed by atoms with Crippen molar-refractivity contribution in [2.24, 2.45) is 11.5 Å². The molecule has 0 atom stereocenters. The Kier molecular flexibility index (Phi) is 8.23. The summed E-state index contributed by atoms with van der Waals surface area (Å²) in [6.07, 6.45) is 1.49. The van der Waals surface area contributed by atoms with Crippen molar-refractivity contribution in [2.45, 2.75) is 19.8 Å². The van der Waals surface area contributed by atoms with E-state index in [2.05, 4.69) is 4.98 Å². The van der Waals surface area contributed by atoms with Gasteiger partial charge in [0.15, 0.2) is 23.1 Å². The molecule has 0 spiro atoms. The van der Waals surface area contributed by atoms with Gasteiger partial charge in [-0.15, -0.1) is 0 Å². The van der Waals surface area contributed by atoms with Crippen molar-refractivity contribution in [3.8, 4) is 39.8 Å². The van der Waals surface area contributed by atoms with Crippen LogP contribution in [0.2, 0.25) is 0 Å². The SMILES string of the molecule is COc1cc2nccc(Oc3ccc(-c4c(C(C)C)c(C(N)=O)n(-c5ccc(F)cc5)c(=O)c4C(N)=O)cc3F)c2cc1OC. The number of carbonyl (C=O) groups excluding carboxylic acids is 2. The maximum atomic E-state index is 15.8. The molecule has 2 aromatic heterocycles. The van der Waals surface area contributed by atoms with Gasteiger partial charge in [0.1, 0.15) is 22.8 Å². The Bertz CT molecular complexity index is 2040. The van der Waals surface area contributed by atoms with E-state index < -0.39 is 40.5 Å². The van der Waals surface area contributed by atoms with E-state index in [9.17, 15) is 18.8 Å². The summed E-state index contributed by atoms with van der Waals surface area (Å²) >= 11 is 0. The summed E-state index contributed by atoms with van der Waals surface area (Å²) in [7, 11) is 2.97. The van der Waals surface area contributed by atoms with Crippen molar-refractivity contribution in [3.63, 3.8) is 0 Å². The lowest BCUT2D eigenvalue weighted by atomic mass is 9.87. The highest BCUT2D eigenvalue weighted by Gasteiger charge is 2.30. The zero-order valence-corrected chi connectivity index (χ0v) is 24.7. The smallest absolute Gasteiger partial charge is 0.269 e. The molecule has 0 radical (unpaired) electrons. The minimum atomic E-state index is -1.11. The number of nitrogens with zero attached hydrogens (tertiary/aromatic N) is 2. The molecular formula is C33H28F2N4O6. The number of nitrogens with two attached hydrogens (primary N) is 2. The molecule has 4 N–H and O–H groups in total. The maximum Gasteiger partial charge on any atom is 0.269 e. The lowest BCUT2D eigenvalue weighted by Gasteiger charge is -2.23. The number of primary amides is 2. The normalized spacial score (nSPS) is 11.1. The molecule has 5 aromatic rings. The van der Waals surface area contributed by atoms with Crippen LogP contribution in [0.3, 0.4) is 0 Å². The van der Waals surface area contributed by atoms with Crippen molar-refractivity contribution in [3.05, 3.63) is 106 Å². The van der Waals surface area contributed by atoms with Crippen molar-refractivity contribution in [2.75, 3.05) is 14.2 Å². The third-order valence-electron chi connectivity index (χ3n) is 7.20. The van der Waals surface area contributed by atoms with Crippen molar-refractivity contribution < 1.29 is 32.6 Å². The van der Waals surface area contributed by atoms with E-state index in [0.29, 0.717) is 22.4 Å². The number of hydrogen-bond acceptors (Lipinski definition) is 7. The number of benzene rings is 3. The van der Waals surface area contributed by atoms with Gasteiger partial charge in [0.25, 0.3) is 17.4 Å². The molecule has 230 valence electrons. The molecule has 45 heavy (non-hydrogen) atoms. The first-order valence-corrected chi connectivity index (χ1v) is 13.6. The van der Waals surface area contributed by atoms with Crippen molar-refractivity contribution >= 4 is 22.7 Å². The predicted octanol–water partition coefficient (Wildman–Crippen LogP) is 5.46. The molecule has 0 aliphatic rings. The van der Waals surface area contributed by atoms with Gasteiger partial charge >= 0.3 is 0 Å². The molecule has 0 aliphatic carbocycles. The van der Waals surface area contributed by atoms with E-state index in [1.165, 1.54) is 44.7 Å². The van der Waals surface area contributed by atoms with Crippen LogP contribution in [-0.2, 0) is 0 Å². The summed E-state index contributed by atoms with van der Waals surface area (Å²) in [6.45, 7) is 3.42. The van der Waals surface area contributed by atoms with E-state index in [4.69, 9.17) is 25.7 Å². The molecule has 5 rings (SSSR count). The highest BCUT2D eigenvalue weighted by molar-refractivity contribution is 6.04. The van der Waals surface area contributed by atoms with Gasteiger partial charge in [0, 0.05) is 28.9 Å². The largest absolute Gasteiger partial charge is 0.493 e. The summed E-state index contributed by atoms with van der Waals surface area (Å²) in [5, 5.41) is 0.521. The number of methoxy groups -OCH3 is 2. The highest BCUT2D eigenvalue weighted by atomic mass is 19.1. The molecule has 0 bridgehead atoms. The topological polar surface area (TPSA) is 149 Å². The van der Waals surface area contributed by atoms with Gasteiger partial charge in [-0.1, -0.05) is 19.9 Å². The Balaban J connectivity index is 1.71. The van der Waals surface area contributed by atoms with Crippen LogP contribution >= 0.6 is 0 Å². The van der Waals surface area contributed by atoms with Crippen molar-refractivity contribution in [1.29, 1.82) is 0 Å². The molecule has 0 fully saturated rings. The number of hydrogen-bond donors (Lipinski definition) is 2. The monoisotopic (exact) mass is 614 g/mol. The fourth-order valence-corrected chi connectivity index (χ4v) is 5.26. The number of pyridine rings is 2. The van der Waals surface area contributed by atoms with E-state index >= 15 is 4.39 Å². The number of rotatable bonds is 9. The fourth-order valence-electron chi connectivity index (χ4n) is 5.26. The predicted molar refractivity (Wildman–Crippen MR) is 163 cm³/mol. The number of fused-ring (bicyclic) bond motifs is 1. The minimum Gasteiger partial charge on any atom is -0.493 e. The number of amides is 2. The molecule has 0 unspecified atom stereocenters. The molecule has 2 amide bonds. The summed E-state index contributed by atoms with van der Waals surface area (Å²) in [6, 6.07) is 13.4. The first-order valence-electron chi connectivity index (χ1n) is 13.6. The molecule has 0 saturated carbocycles. The van der Waals surface area contributed by atoms with Gasteiger partial charge in [0.2, 0.25) is 0 Å². The molecule has 0 saturated heterocycles. The second kappa shape index (κ2) is 12.1. The maximum absolute atomic E-state index is 15.8. The molecule has 12 heteroatoms. The molecule has 0 aliphatic heterocycles. The molecule has 10 nitrogen and oxygen atoms in total. The Morgan fingerprint density at radius 3 is 2.09 bits per heavy atom. The van der Waals surface area contributed by atoms with Crippen LogP contribution in [0.1, 0.15) is 46.2 Å². The third kappa shape index (κ3) is 5.53. The zero-order chi connectivity index (χ0) is 32.6. The number of carbonyl (C=O) groups is 2. The van der Waals surface area contributed by atoms with Crippen molar-refractivity contribution in [1.82, 2.24) is 9.55 Å². The third-order valence-corrected chi connectivity index (χ3v) is 7.20. The Morgan fingerprint density at radius 2 is 1.51 bits per heavy atom. The Hall–Kier alpha value is -5.78. The van der Waals surface area contributed by atoms with Crippen LogP contribution in [0.25, 0.3) is 27.7 Å². The Morgan fingerprint density at radius 1 is 0.844 bits per heavy atom. The standard InChI is InChI=1S/C33H28F2N4O6/c1-16(2)27-28(29(31(36)40)33(42)39(30(27)32(37)41)19-8-6-18(34)7-9-19)17-5-10-24(21(35)13-17)45-23-11-12-38-22-15-26(44-4)25(43-3)14-20(22)23/h5-16H,1-4H3,(H2,36,40)(H2,37,41). The fraction of sp³-hybridized carbons (Fsp3) is 0.152. The summed E-state index contributed by atoms with van der Waals surface area (Å²) in [4.78, 5) is 43.8. The quantitative estimate of drug-likeness (QED) is 0.224. The first kappa shape index (κ1) is 30.7. The Labute approximate surface area is 255 Å². The average molecular weight is 615 g/mol. The van der Waals surface area contributed by atoms with Gasteiger partial charge in [0.05, 0.1) is 19.7 Å². The highest BCUT2D eigenvalue weighted by Crippen LogP contribution is 2.40. The van der Waals surface area contributed by atoms with Crippen LogP contribution in [0.5, 0.6) is 23.0 Å². The second-order valence-corrected chi connectivity index (χ2v) is 10.3. The number of aromatic nitrogens is 2. The van der Waals surface area contributed by atoms with Crippen LogP contribution in [-0.4, -0.2) is 35.6 Å². The van der Waals surface area contributed by atoms with E-state index in [1.807, 2.05) is 0 Å². The number of halogens is 2. The summed E-state index contributed by atoms with van der Waals surface area (Å²) in [5.41, 5.74) is 10.6. The lowest BCUT2D eigenvalue weighted by Crippen LogP contribution is -2.36. The molecular weight excluding hydrogens is 586 g/mol. The van der Waals surface area contributed by atoms with Gasteiger partial charge in [-0.25, -0.2) is 8.78 Å². The second-order valence-electron chi connectivity index (χ2n) is 10.3. The van der Waals surface area contributed by atoms with Gasteiger partial charge in [-0.2, -0.15) is 0 Å². The summed E-state index contributed by atoms with van der Waals surface area (Å²) < 4.78 is 47.1. The van der Waals surface area contributed by atoms with Gasteiger partial charge < -0.3 is 25.7 Å². The van der Waals surface area contributed by atoms with Gasteiger partial charge in [-0.3, -0.25) is 23.9 Å². The van der Waals surface area contributed by atoms with E-state index in [1.54, 1.807) is 32.0 Å². The first-order chi connectivity index (χ1) is 21.5. The van der Waals surface area contributed by atoms with E-state index in [-0.39, 0.29) is 39.6 Å². The number of ether oxygens (including phenoxy) is 3.